The van der Waals surface area contributed by atoms with Crippen molar-refractivity contribution in [3.8, 4) is 11.5 Å². The Hall–Kier alpha value is -2.53. The Kier molecular flexibility index (Phi) is 7.63. The van der Waals surface area contributed by atoms with Crippen molar-refractivity contribution in [3.05, 3.63) is 60.2 Å². The Morgan fingerprint density at radius 3 is 2.25 bits per heavy atom. The first-order valence-corrected chi connectivity index (χ1v) is 7.96. The van der Waals surface area contributed by atoms with Crippen LogP contribution in [0.5, 0.6) is 11.5 Å². The molecule has 0 bridgehead atoms. The summed E-state index contributed by atoms with van der Waals surface area (Å²) in [5, 5.41) is 0. The van der Waals surface area contributed by atoms with Crippen LogP contribution in [0.2, 0.25) is 0 Å². The lowest BCUT2D eigenvalue weighted by molar-refractivity contribution is 0.0514. The minimum atomic E-state index is -0.384. The molecule has 2 aromatic rings. The van der Waals surface area contributed by atoms with Gasteiger partial charge in [-0.05, 0) is 31.2 Å². The van der Waals surface area contributed by atoms with E-state index in [4.69, 9.17) is 18.9 Å². The van der Waals surface area contributed by atoms with Crippen molar-refractivity contribution in [2.75, 3.05) is 33.0 Å². The number of hydrogen-bond acceptors (Lipinski definition) is 5. The van der Waals surface area contributed by atoms with E-state index in [1.807, 2.05) is 36.4 Å². The van der Waals surface area contributed by atoms with E-state index in [9.17, 15) is 4.79 Å². The second kappa shape index (κ2) is 10.3. The maximum Gasteiger partial charge on any atom is 0.341 e. The van der Waals surface area contributed by atoms with Gasteiger partial charge in [0, 0.05) is 0 Å². The van der Waals surface area contributed by atoms with Gasteiger partial charge in [0.05, 0.1) is 19.8 Å². The monoisotopic (exact) mass is 330 g/mol. The number of hydrogen-bond donors (Lipinski definition) is 0. The van der Waals surface area contributed by atoms with Gasteiger partial charge >= 0.3 is 5.97 Å². The standard InChI is InChI=1S/C19H22O5/c1-2-22-19(20)17-10-6-7-11-18(17)24-15-13-21-12-14-23-16-8-4-3-5-9-16/h3-11H,2,12-15H2,1H3. The van der Waals surface area contributed by atoms with Gasteiger partial charge < -0.3 is 18.9 Å². The molecule has 0 N–H and O–H groups in total. The van der Waals surface area contributed by atoms with E-state index in [1.54, 1.807) is 25.1 Å². The van der Waals surface area contributed by atoms with Crippen LogP contribution in [0.15, 0.2) is 54.6 Å². The number of ether oxygens (including phenoxy) is 4. The molecule has 5 nitrogen and oxygen atoms in total. The summed E-state index contributed by atoms with van der Waals surface area (Å²) in [6, 6.07) is 16.6. The van der Waals surface area contributed by atoms with Crippen molar-refractivity contribution < 1.29 is 23.7 Å². The van der Waals surface area contributed by atoms with Crippen molar-refractivity contribution in [3.63, 3.8) is 0 Å². The van der Waals surface area contributed by atoms with Gasteiger partial charge in [0.25, 0.3) is 0 Å². The Morgan fingerprint density at radius 2 is 1.50 bits per heavy atom. The molecule has 0 heterocycles. The molecule has 0 spiro atoms. The Labute approximate surface area is 142 Å². The highest BCUT2D eigenvalue weighted by atomic mass is 16.5. The molecule has 24 heavy (non-hydrogen) atoms. The van der Waals surface area contributed by atoms with Gasteiger partial charge in [-0.3, -0.25) is 0 Å². The average molecular weight is 330 g/mol. The summed E-state index contributed by atoms with van der Waals surface area (Å²) in [6.07, 6.45) is 0. The van der Waals surface area contributed by atoms with Crippen molar-refractivity contribution in [2.45, 2.75) is 6.92 Å². The molecule has 2 aromatic carbocycles. The molecule has 2 rings (SSSR count). The molecule has 0 fully saturated rings. The maximum atomic E-state index is 11.8. The lowest BCUT2D eigenvalue weighted by Gasteiger charge is -2.11. The van der Waals surface area contributed by atoms with Gasteiger partial charge in [-0.1, -0.05) is 30.3 Å². The van der Waals surface area contributed by atoms with Crippen LogP contribution >= 0.6 is 0 Å². The molecule has 128 valence electrons. The first kappa shape index (κ1) is 17.8. The smallest absolute Gasteiger partial charge is 0.341 e. The number of carbonyl (C=O) groups is 1. The van der Waals surface area contributed by atoms with E-state index in [2.05, 4.69) is 0 Å². The third kappa shape index (κ3) is 5.93. The molecular weight excluding hydrogens is 308 g/mol. The predicted octanol–water partition coefficient (Wildman–Crippen LogP) is 3.34. The van der Waals surface area contributed by atoms with E-state index in [0.29, 0.717) is 44.3 Å². The summed E-state index contributed by atoms with van der Waals surface area (Å²) < 4.78 is 21.6. The van der Waals surface area contributed by atoms with Crippen molar-refractivity contribution >= 4 is 5.97 Å². The van der Waals surface area contributed by atoms with Crippen LogP contribution in [0.1, 0.15) is 17.3 Å². The van der Waals surface area contributed by atoms with Crippen molar-refractivity contribution in [2.24, 2.45) is 0 Å². The van der Waals surface area contributed by atoms with Crippen molar-refractivity contribution in [1.82, 2.24) is 0 Å². The zero-order valence-electron chi connectivity index (χ0n) is 13.8. The fraction of sp³-hybridized carbons (Fsp3) is 0.316. The number of esters is 1. The second-order valence-electron chi connectivity index (χ2n) is 4.84. The average Bonchev–Trinajstić information content (AvgIpc) is 2.62. The van der Waals surface area contributed by atoms with Crippen LogP contribution in [-0.2, 0) is 9.47 Å². The topological polar surface area (TPSA) is 54.0 Å². The normalized spacial score (nSPS) is 10.2. The first-order chi connectivity index (χ1) is 11.8. The lowest BCUT2D eigenvalue weighted by Crippen LogP contribution is -2.13. The summed E-state index contributed by atoms with van der Waals surface area (Å²) in [7, 11) is 0. The fourth-order valence-electron chi connectivity index (χ4n) is 2.02. The number of para-hydroxylation sites is 2. The Bertz CT molecular complexity index is 612. The summed E-state index contributed by atoms with van der Waals surface area (Å²) in [4.78, 5) is 11.8. The molecule has 0 atom stereocenters. The lowest BCUT2D eigenvalue weighted by atomic mass is 10.2. The van der Waals surface area contributed by atoms with Crippen LogP contribution in [0.4, 0.5) is 0 Å². The zero-order chi connectivity index (χ0) is 17.0. The molecule has 0 aromatic heterocycles. The van der Waals surface area contributed by atoms with Crippen molar-refractivity contribution in [1.29, 1.82) is 0 Å². The zero-order valence-corrected chi connectivity index (χ0v) is 13.8. The highest BCUT2D eigenvalue weighted by molar-refractivity contribution is 5.92. The van der Waals surface area contributed by atoms with Gasteiger partial charge in [-0.2, -0.15) is 0 Å². The largest absolute Gasteiger partial charge is 0.491 e. The molecule has 0 radical (unpaired) electrons. The van der Waals surface area contributed by atoms with E-state index >= 15 is 0 Å². The molecule has 0 saturated carbocycles. The quantitative estimate of drug-likeness (QED) is 0.494. The molecule has 0 aliphatic heterocycles. The van der Waals surface area contributed by atoms with Gasteiger partial charge in [0.1, 0.15) is 30.3 Å². The minimum absolute atomic E-state index is 0.331. The van der Waals surface area contributed by atoms with Crippen LogP contribution < -0.4 is 9.47 Å². The fourth-order valence-corrected chi connectivity index (χ4v) is 2.02. The second-order valence-corrected chi connectivity index (χ2v) is 4.84. The number of carbonyl (C=O) groups excluding carboxylic acids is 1. The van der Waals surface area contributed by atoms with E-state index in [-0.39, 0.29) is 5.97 Å². The van der Waals surface area contributed by atoms with Crippen LogP contribution in [0, 0.1) is 0 Å². The third-order valence-electron chi connectivity index (χ3n) is 3.11. The van der Waals surface area contributed by atoms with Gasteiger partial charge in [-0.15, -0.1) is 0 Å². The highest BCUT2D eigenvalue weighted by Crippen LogP contribution is 2.18. The predicted molar refractivity (Wildman–Crippen MR) is 90.6 cm³/mol. The SMILES string of the molecule is CCOC(=O)c1ccccc1OCCOCCOc1ccccc1. The Morgan fingerprint density at radius 1 is 0.833 bits per heavy atom. The summed E-state index contributed by atoms with van der Waals surface area (Å²) >= 11 is 0. The maximum absolute atomic E-state index is 11.8. The molecule has 0 amide bonds. The van der Waals surface area contributed by atoms with Crippen LogP contribution in [0.3, 0.4) is 0 Å². The molecule has 5 heteroatoms. The molecular formula is C19H22O5. The molecule has 0 unspecified atom stereocenters. The van der Waals surface area contributed by atoms with Gasteiger partial charge in [-0.25, -0.2) is 4.79 Å². The van der Waals surface area contributed by atoms with E-state index in [0.717, 1.165) is 5.75 Å². The summed E-state index contributed by atoms with van der Waals surface area (Å²) in [5.74, 6) is 0.936. The summed E-state index contributed by atoms with van der Waals surface area (Å²) in [5.41, 5.74) is 0.423. The van der Waals surface area contributed by atoms with E-state index < -0.39 is 0 Å². The van der Waals surface area contributed by atoms with E-state index in [1.165, 1.54) is 0 Å². The van der Waals surface area contributed by atoms with Gasteiger partial charge in [0.2, 0.25) is 0 Å². The first-order valence-electron chi connectivity index (χ1n) is 7.96. The highest BCUT2D eigenvalue weighted by Gasteiger charge is 2.12. The molecule has 0 saturated heterocycles. The number of rotatable bonds is 10. The molecule has 0 aliphatic rings. The third-order valence-corrected chi connectivity index (χ3v) is 3.11. The minimum Gasteiger partial charge on any atom is -0.491 e. The van der Waals surface area contributed by atoms with Crippen LogP contribution in [-0.4, -0.2) is 39.0 Å². The van der Waals surface area contributed by atoms with Gasteiger partial charge in [0.15, 0.2) is 0 Å². The van der Waals surface area contributed by atoms with Crippen LogP contribution in [0.25, 0.3) is 0 Å². The summed E-state index contributed by atoms with van der Waals surface area (Å²) in [6.45, 7) is 3.81. The number of benzene rings is 2. The molecule has 0 aliphatic carbocycles. The Balaban J connectivity index is 1.65.